The molecule has 0 aromatic heterocycles. The summed E-state index contributed by atoms with van der Waals surface area (Å²) in [5, 5.41) is 2.81. The fourth-order valence-corrected chi connectivity index (χ4v) is 3.59. The number of benzene rings is 2. The minimum absolute atomic E-state index is 0.00239. The summed E-state index contributed by atoms with van der Waals surface area (Å²) in [5.74, 6) is 0.891. The minimum Gasteiger partial charge on any atom is -0.493 e. The van der Waals surface area contributed by atoms with Crippen molar-refractivity contribution >= 4 is 21.6 Å². The Hall–Kier alpha value is -2.74. The standard InChI is InChI=1S/C20H26N2O5S/c1-13(2)12-21-20(23)17-11-16(8-6-14(17)3)28(24,25)22-15-7-9-18(26-4)19(10-15)27-5/h6-11,13,22H,12H2,1-5H3,(H,21,23). The number of ether oxygens (including phenoxy) is 2. The van der Waals surface area contributed by atoms with Crippen LogP contribution < -0.4 is 19.5 Å². The second-order valence-corrected chi connectivity index (χ2v) is 8.44. The molecule has 152 valence electrons. The summed E-state index contributed by atoms with van der Waals surface area (Å²) in [6.45, 7) is 6.25. The molecule has 28 heavy (non-hydrogen) atoms. The van der Waals surface area contributed by atoms with Crippen LogP contribution in [0.1, 0.15) is 29.8 Å². The van der Waals surface area contributed by atoms with Gasteiger partial charge in [0.05, 0.1) is 24.8 Å². The summed E-state index contributed by atoms with van der Waals surface area (Å²) in [6, 6.07) is 9.18. The van der Waals surface area contributed by atoms with Crippen LogP contribution in [0.5, 0.6) is 11.5 Å². The highest BCUT2D eigenvalue weighted by Gasteiger charge is 2.19. The SMILES string of the molecule is COc1ccc(NS(=O)(=O)c2ccc(C)c(C(=O)NCC(C)C)c2)cc1OC. The Kier molecular flexibility index (Phi) is 6.90. The lowest BCUT2D eigenvalue weighted by molar-refractivity contribution is 0.0948. The lowest BCUT2D eigenvalue weighted by Crippen LogP contribution is -2.28. The van der Waals surface area contributed by atoms with Crippen LogP contribution in [-0.4, -0.2) is 35.1 Å². The van der Waals surface area contributed by atoms with E-state index in [0.717, 1.165) is 0 Å². The van der Waals surface area contributed by atoms with Gasteiger partial charge in [0.1, 0.15) is 0 Å². The maximum atomic E-state index is 12.8. The van der Waals surface area contributed by atoms with Gasteiger partial charge in [0, 0.05) is 18.2 Å². The molecule has 0 aliphatic heterocycles. The van der Waals surface area contributed by atoms with Gasteiger partial charge < -0.3 is 14.8 Å². The van der Waals surface area contributed by atoms with Crippen molar-refractivity contribution in [3.05, 3.63) is 47.5 Å². The highest BCUT2D eigenvalue weighted by Crippen LogP contribution is 2.31. The highest BCUT2D eigenvalue weighted by atomic mass is 32.2. The Balaban J connectivity index is 2.31. The molecule has 0 radical (unpaired) electrons. The Morgan fingerprint density at radius 2 is 1.71 bits per heavy atom. The van der Waals surface area contributed by atoms with E-state index in [1.807, 2.05) is 13.8 Å². The molecule has 0 atom stereocenters. The zero-order valence-corrected chi connectivity index (χ0v) is 17.5. The second-order valence-electron chi connectivity index (χ2n) is 6.76. The predicted octanol–water partition coefficient (Wildman–Crippen LogP) is 3.20. The maximum absolute atomic E-state index is 12.8. The number of sulfonamides is 1. The number of carbonyl (C=O) groups is 1. The Bertz CT molecular complexity index is 955. The van der Waals surface area contributed by atoms with E-state index in [9.17, 15) is 13.2 Å². The van der Waals surface area contributed by atoms with Gasteiger partial charge in [0.15, 0.2) is 11.5 Å². The molecule has 0 aliphatic carbocycles. The smallest absolute Gasteiger partial charge is 0.261 e. The topological polar surface area (TPSA) is 93.7 Å². The average Bonchev–Trinajstić information content (AvgIpc) is 2.65. The van der Waals surface area contributed by atoms with Crippen molar-refractivity contribution in [2.45, 2.75) is 25.7 Å². The van der Waals surface area contributed by atoms with Crippen molar-refractivity contribution in [3.8, 4) is 11.5 Å². The van der Waals surface area contributed by atoms with Gasteiger partial charge in [-0.3, -0.25) is 9.52 Å². The first kappa shape index (κ1) is 21.6. The molecule has 0 fully saturated rings. The summed E-state index contributed by atoms with van der Waals surface area (Å²) >= 11 is 0. The predicted molar refractivity (Wildman–Crippen MR) is 109 cm³/mol. The molecule has 7 nitrogen and oxygen atoms in total. The van der Waals surface area contributed by atoms with Crippen LogP contribution in [0.15, 0.2) is 41.3 Å². The summed E-state index contributed by atoms with van der Waals surface area (Å²) in [5.41, 5.74) is 1.35. The molecular formula is C20H26N2O5S. The number of hydrogen-bond acceptors (Lipinski definition) is 5. The summed E-state index contributed by atoms with van der Waals surface area (Å²) in [7, 11) is -0.918. The first-order valence-electron chi connectivity index (χ1n) is 8.81. The van der Waals surface area contributed by atoms with Gasteiger partial charge in [-0.2, -0.15) is 0 Å². The van der Waals surface area contributed by atoms with E-state index in [2.05, 4.69) is 10.0 Å². The van der Waals surface area contributed by atoms with Crippen LogP contribution in [0.2, 0.25) is 0 Å². The van der Waals surface area contributed by atoms with Crippen LogP contribution in [0.25, 0.3) is 0 Å². The van der Waals surface area contributed by atoms with Gasteiger partial charge in [0.2, 0.25) is 0 Å². The first-order chi connectivity index (χ1) is 13.2. The fourth-order valence-electron chi connectivity index (χ4n) is 2.52. The number of methoxy groups -OCH3 is 2. The third kappa shape index (κ3) is 5.16. The van der Waals surface area contributed by atoms with Gasteiger partial charge >= 0.3 is 0 Å². The summed E-state index contributed by atoms with van der Waals surface area (Å²) < 4.78 is 38.4. The molecule has 0 bridgehead atoms. The zero-order chi connectivity index (χ0) is 20.9. The van der Waals surface area contributed by atoms with Crippen molar-refractivity contribution in [1.82, 2.24) is 5.32 Å². The summed E-state index contributed by atoms with van der Waals surface area (Å²) in [4.78, 5) is 12.4. The van der Waals surface area contributed by atoms with Crippen molar-refractivity contribution in [2.24, 2.45) is 5.92 Å². The second kappa shape index (κ2) is 8.97. The van der Waals surface area contributed by atoms with E-state index in [1.165, 1.54) is 32.4 Å². The number of amides is 1. The molecule has 0 unspecified atom stereocenters. The number of aryl methyl sites for hydroxylation is 1. The lowest BCUT2D eigenvalue weighted by Gasteiger charge is -2.14. The van der Waals surface area contributed by atoms with Crippen LogP contribution in [0.4, 0.5) is 5.69 Å². The van der Waals surface area contributed by atoms with E-state index in [0.29, 0.717) is 40.8 Å². The van der Waals surface area contributed by atoms with E-state index in [4.69, 9.17) is 9.47 Å². The van der Waals surface area contributed by atoms with E-state index in [-0.39, 0.29) is 10.8 Å². The van der Waals surface area contributed by atoms with Crippen LogP contribution in [-0.2, 0) is 10.0 Å². The summed E-state index contributed by atoms with van der Waals surface area (Å²) in [6.07, 6.45) is 0. The van der Waals surface area contributed by atoms with Crippen molar-refractivity contribution < 1.29 is 22.7 Å². The molecule has 1 amide bonds. The van der Waals surface area contributed by atoms with Crippen LogP contribution >= 0.6 is 0 Å². The zero-order valence-electron chi connectivity index (χ0n) is 16.7. The van der Waals surface area contributed by atoms with E-state index >= 15 is 0 Å². The fraction of sp³-hybridized carbons (Fsp3) is 0.350. The van der Waals surface area contributed by atoms with Gasteiger partial charge in [0.25, 0.3) is 15.9 Å². The molecule has 8 heteroatoms. The third-order valence-corrected chi connectivity index (χ3v) is 5.45. The largest absolute Gasteiger partial charge is 0.493 e. The Morgan fingerprint density at radius 1 is 1.04 bits per heavy atom. The Labute approximate surface area is 166 Å². The highest BCUT2D eigenvalue weighted by molar-refractivity contribution is 7.92. The van der Waals surface area contributed by atoms with Crippen molar-refractivity contribution in [1.29, 1.82) is 0 Å². The lowest BCUT2D eigenvalue weighted by atomic mass is 10.1. The molecule has 2 aromatic carbocycles. The van der Waals surface area contributed by atoms with Crippen LogP contribution in [0, 0.1) is 12.8 Å². The molecule has 2 rings (SSSR count). The molecule has 0 aliphatic rings. The van der Waals surface area contributed by atoms with Gasteiger partial charge in [-0.1, -0.05) is 19.9 Å². The normalized spacial score (nSPS) is 11.2. The van der Waals surface area contributed by atoms with Crippen LogP contribution in [0.3, 0.4) is 0 Å². The van der Waals surface area contributed by atoms with E-state index in [1.54, 1.807) is 25.1 Å². The average molecular weight is 407 g/mol. The number of rotatable bonds is 8. The monoisotopic (exact) mass is 406 g/mol. The number of hydrogen-bond donors (Lipinski definition) is 2. The number of anilines is 1. The Morgan fingerprint density at radius 3 is 2.32 bits per heavy atom. The van der Waals surface area contributed by atoms with E-state index < -0.39 is 10.0 Å². The van der Waals surface area contributed by atoms with Crippen molar-refractivity contribution in [2.75, 3.05) is 25.5 Å². The molecule has 0 spiro atoms. The molecule has 0 saturated carbocycles. The minimum atomic E-state index is -3.89. The number of carbonyl (C=O) groups excluding carboxylic acids is 1. The molecule has 2 N–H and O–H groups in total. The maximum Gasteiger partial charge on any atom is 0.261 e. The number of nitrogens with one attached hydrogen (secondary N) is 2. The van der Waals surface area contributed by atoms with Gasteiger partial charge in [-0.15, -0.1) is 0 Å². The van der Waals surface area contributed by atoms with Gasteiger partial charge in [-0.25, -0.2) is 8.42 Å². The van der Waals surface area contributed by atoms with Gasteiger partial charge in [-0.05, 0) is 42.7 Å². The molecule has 0 saturated heterocycles. The molecule has 0 heterocycles. The quantitative estimate of drug-likeness (QED) is 0.702. The van der Waals surface area contributed by atoms with Crippen molar-refractivity contribution in [3.63, 3.8) is 0 Å². The third-order valence-electron chi connectivity index (χ3n) is 4.07. The molecule has 2 aromatic rings. The first-order valence-corrected chi connectivity index (χ1v) is 10.3. The molecular weight excluding hydrogens is 380 g/mol.